The number of nitrogens with zero attached hydrogens (tertiary/aromatic N) is 3. The third-order valence-corrected chi connectivity index (χ3v) is 8.51. The van der Waals surface area contributed by atoms with E-state index in [1.54, 1.807) is 27.2 Å². The van der Waals surface area contributed by atoms with Crippen molar-refractivity contribution in [2.75, 3.05) is 27.7 Å². The monoisotopic (exact) mass is 372 g/mol. The van der Waals surface area contributed by atoms with Crippen LogP contribution in [0.5, 0.6) is 0 Å². The predicted molar refractivity (Wildman–Crippen MR) is 100.0 cm³/mol. The lowest BCUT2D eigenvalue weighted by Crippen LogP contribution is -2.72. The molecular formula is C16H28N4O2S2. The van der Waals surface area contributed by atoms with Crippen LogP contribution in [-0.2, 0) is 16.6 Å². The molecule has 1 fully saturated rings. The summed E-state index contributed by atoms with van der Waals surface area (Å²) in [6.07, 6.45) is 0. The van der Waals surface area contributed by atoms with E-state index in [1.165, 1.54) is 15.6 Å². The Labute approximate surface area is 149 Å². The van der Waals surface area contributed by atoms with E-state index in [0.29, 0.717) is 10.8 Å². The number of nitrogens with one attached hydrogen (secondary N) is 1. The Morgan fingerprint density at radius 1 is 1.33 bits per heavy atom. The molecular weight excluding hydrogens is 344 g/mol. The molecule has 0 amide bonds. The van der Waals surface area contributed by atoms with Crippen LogP contribution in [0.25, 0.3) is 0 Å². The molecule has 0 unspecified atom stereocenters. The van der Waals surface area contributed by atoms with Gasteiger partial charge in [-0.05, 0) is 26.0 Å². The van der Waals surface area contributed by atoms with Crippen molar-refractivity contribution in [1.82, 2.24) is 14.5 Å². The van der Waals surface area contributed by atoms with E-state index in [0.717, 1.165) is 17.4 Å². The molecule has 1 saturated heterocycles. The first-order chi connectivity index (χ1) is 10.9. The average Bonchev–Trinajstić information content (AvgIpc) is 2.96. The summed E-state index contributed by atoms with van der Waals surface area (Å²) in [5.74, 6) is 0.852. The van der Waals surface area contributed by atoms with Crippen molar-refractivity contribution in [3.8, 4) is 0 Å². The summed E-state index contributed by atoms with van der Waals surface area (Å²) >= 11 is 1.29. The van der Waals surface area contributed by atoms with Crippen LogP contribution in [0.15, 0.2) is 21.3 Å². The molecule has 0 atom stereocenters. The van der Waals surface area contributed by atoms with E-state index >= 15 is 0 Å². The van der Waals surface area contributed by atoms with Crippen molar-refractivity contribution < 1.29 is 8.42 Å². The lowest BCUT2D eigenvalue weighted by atomic mass is 9.65. The summed E-state index contributed by atoms with van der Waals surface area (Å²) in [7, 11) is 1.51. The summed E-state index contributed by atoms with van der Waals surface area (Å²) in [5, 5.41) is 3.35. The zero-order chi connectivity index (χ0) is 18.3. The zero-order valence-electron chi connectivity index (χ0n) is 15.5. The normalized spacial score (nSPS) is 20.2. The Morgan fingerprint density at radius 3 is 2.42 bits per heavy atom. The summed E-state index contributed by atoms with van der Waals surface area (Å²) in [6, 6.07) is 3.52. The van der Waals surface area contributed by atoms with Gasteiger partial charge in [0, 0.05) is 43.5 Å². The van der Waals surface area contributed by atoms with Gasteiger partial charge < -0.3 is 10.2 Å². The third-order valence-electron chi connectivity index (χ3n) is 5.14. The zero-order valence-corrected chi connectivity index (χ0v) is 17.2. The molecule has 8 heteroatoms. The van der Waals surface area contributed by atoms with Crippen LogP contribution in [0, 0.1) is 5.41 Å². The smallest absolute Gasteiger partial charge is 0.252 e. The second-order valence-electron chi connectivity index (χ2n) is 7.44. The first-order valence-corrected chi connectivity index (χ1v) is 10.2. The van der Waals surface area contributed by atoms with Gasteiger partial charge in [-0.25, -0.2) is 12.7 Å². The van der Waals surface area contributed by atoms with Crippen molar-refractivity contribution in [3.05, 3.63) is 17.0 Å². The fourth-order valence-electron chi connectivity index (χ4n) is 2.63. The number of thiophene rings is 1. The Balaban J connectivity index is 2.05. The van der Waals surface area contributed by atoms with E-state index in [9.17, 15) is 8.42 Å². The highest BCUT2D eigenvalue weighted by Crippen LogP contribution is 2.46. The summed E-state index contributed by atoms with van der Waals surface area (Å²) in [4.78, 5) is 7.61. The molecule has 0 saturated carbocycles. The van der Waals surface area contributed by atoms with E-state index in [4.69, 9.17) is 0 Å². The van der Waals surface area contributed by atoms with Crippen LogP contribution in [0.3, 0.4) is 0 Å². The van der Waals surface area contributed by atoms with Crippen molar-refractivity contribution in [1.29, 1.82) is 0 Å². The van der Waals surface area contributed by atoms with Crippen LogP contribution in [0.1, 0.15) is 32.6 Å². The van der Waals surface area contributed by atoms with Gasteiger partial charge in [0.15, 0.2) is 5.96 Å². The Bertz CT molecular complexity index is 733. The molecule has 1 aliphatic rings. The minimum absolute atomic E-state index is 0.0315. The van der Waals surface area contributed by atoms with E-state index in [1.807, 2.05) is 6.07 Å². The van der Waals surface area contributed by atoms with Gasteiger partial charge in [0.1, 0.15) is 4.21 Å². The minimum atomic E-state index is -3.36. The van der Waals surface area contributed by atoms with Crippen molar-refractivity contribution in [3.63, 3.8) is 0 Å². The molecule has 0 aliphatic carbocycles. The predicted octanol–water partition coefficient (Wildman–Crippen LogP) is 2.19. The third kappa shape index (κ3) is 3.19. The standard InChI is InChI=1S/C16H28N4O2S2/c1-15(2)11-20(16(15,3)4)14(17-5)18-10-12-8-9-13(23-12)24(21,22)19(6)7/h8-9H,10-11H2,1-7H3,(H,17,18). The fourth-order valence-corrected chi connectivity index (χ4v) is 5.10. The molecule has 1 aliphatic heterocycles. The Hall–Kier alpha value is -1.12. The molecule has 2 rings (SSSR count). The van der Waals surface area contributed by atoms with E-state index < -0.39 is 10.0 Å². The molecule has 1 aromatic heterocycles. The fraction of sp³-hybridized carbons (Fsp3) is 0.688. The molecule has 2 heterocycles. The van der Waals surface area contributed by atoms with Gasteiger partial charge in [-0.15, -0.1) is 11.3 Å². The van der Waals surface area contributed by atoms with Crippen molar-refractivity contribution in [2.24, 2.45) is 10.4 Å². The number of aliphatic imine (C=N–C) groups is 1. The Morgan fingerprint density at radius 2 is 1.96 bits per heavy atom. The highest BCUT2D eigenvalue weighted by atomic mass is 32.2. The van der Waals surface area contributed by atoms with Crippen LogP contribution in [0.4, 0.5) is 0 Å². The number of sulfonamides is 1. The second-order valence-corrected chi connectivity index (χ2v) is 11.0. The van der Waals surface area contributed by atoms with E-state index in [-0.39, 0.29) is 11.0 Å². The molecule has 1 aromatic rings. The maximum absolute atomic E-state index is 12.1. The van der Waals surface area contributed by atoms with Crippen LogP contribution in [0.2, 0.25) is 0 Å². The molecule has 1 N–H and O–H groups in total. The molecule has 6 nitrogen and oxygen atoms in total. The lowest BCUT2D eigenvalue weighted by molar-refractivity contribution is -0.0667. The summed E-state index contributed by atoms with van der Waals surface area (Å²) < 4.78 is 25.9. The lowest BCUT2D eigenvalue weighted by Gasteiger charge is -2.62. The van der Waals surface area contributed by atoms with E-state index in [2.05, 4.69) is 42.9 Å². The summed E-state index contributed by atoms with van der Waals surface area (Å²) in [6.45, 7) is 10.5. The number of likely N-dealkylation sites (tertiary alicyclic amines) is 1. The quantitative estimate of drug-likeness (QED) is 0.650. The maximum atomic E-state index is 12.1. The first-order valence-electron chi connectivity index (χ1n) is 7.93. The number of guanidine groups is 1. The number of rotatable bonds is 4. The minimum Gasteiger partial charge on any atom is -0.351 e. The molecule has 0 radical (unpaired) electrons. The van der Waals surface area contributed by atoms with Crippen LogP contribution in [-0.4, -0.2) is 56.8 Å². The van der Waals surface area contributed by atoms with Gasteiger partial charge in [-0.3, -0.25) is 4.99 Å². The second kappa shape index (κ2) is 6.31. The van der Waals surface area contributed by atoms with Gasteiger partial charge >= 0.3 is 0 Å². The largest absolute Gasteiger partial charge is 0.351 e. The topological polar surface area (TPSA) is 65.0 Å². The number of hydrogen-bond donors (Lipinski definition) is 1. The summed E-state index contributed by atoms with van der Waals surface area (Å²) in [5.41, 5.74) is 0.268. The molecule has 24 heavy (non-hydrogen) atoms. The van der Waals surface area contributed by atoms with Gasteiger partial charge in [0.2, 0.25) is 0 Å². The van der Waals surface area contributed by atoms with Crippen molar-refractivity contribution >= 4 is 27.3 Å². The van der Waals surface area contributed by atoms with Gasteiger partial charge in [-0.1, -0.05) is 13.8 Å². The Kier molecular flexibility index (Phi) is 5.05. The van der Waals surface area contributed by atoms with Gasteiger partial charge in [-0.2, -0.15) is 0 Å². The highest BCUT2D eigenvalue weighted by molar-refractivity contribution is 7.91. The molecule has 0 bridgehead atoms. The average molecular weight is 373 g/mol. The number of hydrogen-bond acceptors (Lipinski definition) is 4. The van der Waals surface area contributed by atoms with Crippen LogP contribution < -0.4 is 5.32 Å². The maximum Gasteiger partial charge on any atom is 0.252 e. The highest BCUT2D eigenvalue weighted by Gasteiger charge is 2.53. The molecule has 136 valence electrons. The van der Waals surface area contributed by atoms with Gasteiger partial charge in [0.25, 0.3) is 10.0 Å². The molecule has 0 aromatic carbocycles. The first kappa shape index (κ1) is 19.2. The SMILES string of the molecule is CN=C(NCc1ccc(S(=O)(=O)N(C)C)s1)N1CC(C)(C)C1(C)C. The van der Waals surface area contributed by atoms with Crippen LogP contribution >= 0.6 is 11.3 Å². The molecule has 0 spiro atoms. The van der Waals surface area contributed by atoms with Gasteiger partial charge in [0.05, 0.1) is 6.54 Å². The van der Waals surface area contributed by atoms with Crippen molar-refractivity contribution in [2.45, 2.75) is 44.0 Å².